The summed E-state index contributed by atoms with van der Waals surface area (Å²) >= 11 is 3.13. The van der Waals surface area contributed by atoms with Crippen LogP contribution in [0.2, 0.25) is 0 Å². The topological polar surface area (TPSA) is 21.3 Å². The summed E-state index contributed by atoms with van der Waals surface area (Å²) in [7, 11) is 1.65. The fraction of sp³-hybridized carbons (Fsp3) is 0.200. The van der Waals surface area contributed by atoms with E-state index in [9.17, 15) is 4.39 Å². The Kier molecular flexibility index (Phi) is 4.80. The second-order valence-corrected chi connectivity index (χ2v) is 5.01. The van der Waals surface area contributed by atoms with Crippen LogP contribution in [0, 0.1) is 5.82 Å². The molecule has 0 aliphatic rings. The van der Waals surface area contributed by atoms with Crippen LogP contribution in [0.25, 0.3) is 0 Å². The molecule has 0 aliphatic carbocycles. The maximum atomic E-state index is 13.3. The SMILES string of the molecule is COc1ccc(CCNc2ccc(Br)c(F)c2)cc1. The highest BCUT2D eigenvalue weighted by Gasteiger charge is 2.00. The number of halogens is 2. The first-order valence-electron chi connectivity index (χ1n) is 6.01. The van der Waals surface area contributed by atoms with E-state index in [0.717, 1.165) is 24.4 Å². The standard InChI is InChI=1S/C15H15BrFNO/c1-19-13-5-2-11(3-6-13)8-9-18-12-4-7-14(16)15(17)10-12/h2-7,10,18H,8-9H2,1H3. The molecular formula is C15H15BrFNO. The van der Waals surface area contributed by atoms with Crippen molar-refractivity contribution in [3.8, 4) is 5.75 Å². The summed E-state index contributed by atoms with van der Waals surface area (Å²) in [4.78, 5) is 0. The Bertz CT molecular complexity index is 542. The van der Waals surface area contributed by atoms with Gasteiger partial charge in [0.2, 0.25) is 0 Å². The maximum absolute atomic E-state index is 13.3. The quantitative estimate of drug-likeness (QED) is 0.888. The molecule has 100 valence electrons. The molecule has 0 aliphatic heterocycles. The largest absolute Gasteiger partial charge is 0.497 e. The van der Waals surface area contributed by atoms with Crippen molar-refractivity contribution in [3.05, 3.63) is 58.3 Å². The van der Waals surface area contributed by atoms with Crippen LogP contribution in [0.4, 0.5) is 10.1 Å². The van der Waals surface area contributed by atoms with Gasteiger partial charge in [0, 0.05) is 12.2 Å². The average molecular weight is 324 g/mol. The van der Waals surface area contributed by atoms with Crippen molar-refractivity contribution >= 4 is 21.6 Å². The second-order valence-electron chi connectivity index (χ2n) is 4.15. The third kappa shape index (κ3) is 3.96. The third-order valence-electron chi connectivity index (χ3n) is 2.82. The van der Waals surface area contributed by atoms with E-state index in [4.69, 9.17) is 4.74 Å². The van der Waals surface area contributed by atoms with E-state index in [2.05, 4.69) is 21.2 Å². The molecule has 0 spiro atoms. The third-order valence-corrected chi connectivity index (χ3v) is 3.46. The molecule has 0 saturated carbocycles. The minimum absolute atomic E-state index is 0.255. The molecule has 2 nitrogen and oxygen atoms in total. The molecule has 0 aromatic heterocycles. The van der Waals surface area contributed by atoms with Gasteiger partial charge in [-0.2, -0.15) is 0 Å². The van der Waals surface area contributed by atoms with Crippen LogP contribution in [-0.2, 0) is 6.42 Å². The molecule has 4 heteroatoms. The number of hydrogen-bond donors (Lipinski definition) is 1. The highest BCUT2D eigenvalue weighted by Crippen LogP contribution is 2.19. The highest BCUT2D eigenvalue weighted by atomic mass is 79.9. The monoisotopic (exact) mass is 323 g/mol. The molecule has 0 unspecified atom stereocenters. The zero-order chi connectivity index (χ0) is 13.7. The molecule has 0 amide bonds. The molecule has 0 bridgehead atoms. The Labute approximate surface area is 120 Å². The van der Waals surface area contributed by atoms with Crippen molar-refractivity contribution in [2.45, 2.75) is 6.42 Å². The average Bonchev–Trinajstić information content (AvgIpc) is 2.43. The van der Waals surface area contributed by atoms with Gasteiger partial charge in [-0.1, -0.05) is 12.1 Å². The van der Waals surface area contributed by atoms with Gasteiger partial charge in [0.15, 0.2) is 0 Å². The predicted octanol–water partition coefficient (Wildman–Crippen LogP) is 4.25. The molecule has 2 aromatic rings. The minimum Gasteiger partial charge on any atom is -0.497 e. The predicted molar refractivity (Wildman–Crippen MR) is 79.3 cm³/mol. The summed E-state index contributed by atoms with van der Waals surface area (Å²) in [6.07, 6.45) is 0.877. The lowest BCUT2D eigenvalue weighted by atomic mass is 10.1. The first-order valence-corrected chi connectivity index (χ1v) is 6.80. The van der Waals surface area contributed by atoms with Gasteiger partial charge in [0.1, 0.15) is 11.6 Å². The maximum Gasteiger partial charge on any atom is 0.139 e. The molecule has 2 rings (SSSR count). The summed E-state index contributed by atoms with van der Waals surface area (Å²) in [6.45, 7) is 0.757. The van der Waals surface area contributed by atoms with Gasteiger partial charge in [0.05, 0.1) is 11.6 Å². The summed E-state index contributed by atoms with van der Waals surface area (Å²) in [5, 5.41) is 3.20. The normalized spacial score (nSPS) is 10.3. The van der Waals surface area contributed by atoms with E-state index in [1.165, 1.54) is 11.6 Å². The summed E-state index contributed by atoms with van der Waals surface area (Å²) in [5.74, 6) is 0.598. The number of ether oxygens (including phenoxy) is 1. The van der Waals surface area contributed by atoms with Crippen LogP contribution in [0.5, 0.6) is 5.75 Å². The number of hydrogen-bond acceptors (Lipinski definition) is 2. The van der Waals surface area contributed by atoms with Gasteiger partial charge in [0.25, 0.3) is 0 Å². The Hall–Kier alpha value is -1.55. The van der Waals surface area contributed by atoms with Crippen LogP contribution in [-0.4, -0.2) is 13.7 Å². The Morgan fingerprint density at radius 3 is 2.53 bits per heavy atom. The second kappa shape index (κ2) is 6.57. The Balaban J connectivity index is 1.86. The molecule has 0 saturated heterocycles. The van der Waals surface area contributed by atoms with Crippen LogP contribution in [0.3, 0.4) is 0 Å². The van der Waals surface area contributed by atoms with Gasteiger partial charge in [-0.05, 0) is 58.2 Å². The number of methoxy groups -OCH3 is 1. The van der Waals surface area contributed by atoms with Crippen LogP contribution < -0.4 is 10.1 Å². The van der Waals surface area contributed by atoms with Crippen molar-refractivity contribution in [1.29, 1.82) is 0 Å². The van der Waals surface area contributed by atoms with Crippen molar-refractivity contribution in [1.82, 2.24) is 0 Å². The van der Waals surface area contributed by atoms with Gasteiger partial charge in [-0.15, -0.1) is 0 Å². The van der Waals surface area contributed by atoms with Crippen LogP contribution >= 0.6 is 15.9 Å². The molecule has 0 fully saturated rings. The lowest BCUT2D eigenvalue weighted by Crippen LogP contribution is -2.05. The fourth-order valence-corrected chi connectivity index (χ4v) is 2.00. The zero-order valence-electron chi connectivity index (χ0n) is 10.6. The van der Waals surface area contributed by atoms with Crippen molar-refractivity contribution in [2.75, 3.05) is 19.0 Å². The van der Waals surface area contributed by atoms with Crippen LogP contribution in [0.15, 0.2) is 46.9 Å². The fourth-order valence-electron chi connectivity index (χ4n) is 1.75. The van der Waals surface area contributed by atoms with E-state index in [-0.39, 0.29) is 5.82 Å². The summed E-state index contributed by atoms with van der Waals surface area (Å²) in [6, 6.07) is 13.0. The molecule has 0 atom stereocenters. The molecule has 0 heterocycles. The van der Waals surface area contributed by atoms with E-state index < -0.39 is 0 Å². The van der Waals surface area contributed by atoms with Crippen molar-refractivity contribution < 1.29 is 9.13 Å². The van der Waals surface area contributed by atoms with Gasteiger partial charge < -0.3 is 10.1 Å². The first kappa shape index (κ1) is 13.9. The van der Waals surface area contributed by atoms with Gasteiger partial charge in [-0.3, -0.25) is 0 Å². The van der Waals surface area contributed by atoms with Crippen molar-refractivity contribution in [2.24, 2.45) is 0 Å². The summed E-state index contributed by atoms with van der Waals surface area (Å²) in [5.41, 5.74) is 2.00. The molecule has 0 radical (unpaired) electrons. The molecule has 2 aromatic carbocycles. The molecular weight excluding hydrogens is 309 g/mol. The number of benzene rings is 2. The number of anilines is 1. The smallest absolute Gasteiger partial charge is 0.139 e. The summed E-state index contributed by atoms with van der Waals surface area (Å²) < 4.78 is 18.9. The van der Waals surface area contributed by atoms with Gasteiger partial charge >= 0.3 is 0 Å². The van der Waals surface area contributed by atoms with E-state index in [1.54, 1.807) is 13.2 Å². The Morgan fingerprint density at radius 2 is 1.89 bits per heavy atom. The number of rotatable bonds is 5. The minimum atomic E-state index is -0.255. The van der Waals surface area contributed by atoms with E-state index >= 15 is 0 Å². The van der Waals surface area contributed by atoms with Crippen LogP contribution in [0.1, 0.15) is 5.56 Å². The lowest BCUT2D eigenvalue weighted by molar-refractivity contribution is 0.414. The van der Waals surface area contributed by atoms with Gasteiger partial charge in [-0.25, -0.2) is 4.39 Å². The molecule has 19 heavy (non-hydrogen) atoms. The van der Waals surface area contributed by atoms with Crippen molar-refractivity contribution in [3.63, 3.8) is 0 Å². The molecule has 1 N–H and O–H groups in total. The Morgan fingerprint density at radius 1 is 1.16 bits per heavy atom. The number of nitrogens with one attached hydrogen (secondary N) is 1. The lowest BCUT2D eigenvalue weighted by Gasteiger charge is -2.07. The van der Waals surface area contributed by atoms with E-state index in [0.29, 0.717) is 4.47 Å². The van der Waals surface area contributed by atoms with E-state index in [1.807, 2.05) is 30.3 Å². The highest BCUT2D eigenvalue weighted by molar-refractivity contribution is 9.10. The zero-order valence-corrected chi connectivity index (χ0v) is 12.2. The first-order chi connectivity index (χ1) is 9.19.